The quantitative estimate of drug-likeness (QED) is 0.675. The van der Waals surface area contributed by atoms with Gasteiger partial charge in [-0.05, 0) is 5.92 Å². The molecule has 0 aliphatic rings. The predicted octanol–water partition coefficient (Wildman–Crippen LogP) is 1.62. The highest BCUT2D eigenvalue weighted by Gasteiger charge is 2.22. The Kier molecular flexibility index (Phi) is 4.34. The van der Waals surface area contributed by atoms with Crippen LogP contribution >= 0.6 is 0 Å². The molecule has 0 saturated heterocycles. The maximum Gasteiger partial charge on any atom is 0.138 e. The Labute approximate surface area is 68.6 Å². The second-order valence-electron chi connectivity index (χ2n) is 3.34. The topological polar surface area (TPSA) is 37.3 Å². The maximum absolute atomic E-state index is 11.1. The highest BCUT2D eigenvalue weighted by atomic mass is 16.3. The molecule has 66 valence electrons. The fourth-order valence-electron chi connectivity index (χ4n) is 1.09. The van der Waals surface area contributed by atoms with Crippen LogP contribution in [0.25, 0.3) is 0 Å². The van der Waals surface area contributed by atoms with E-state index in [1.54, 1.807) is 6.92 Å². The van der Waals surface area contributed by atoms with E-state index < -0.39 is 6.10 Å². The van der Waals surface area contributed by atoms with Crippen molar-refractivity contribution in [3.8, 4) is 0 Å². The Balaban J connectivity index is 4.01. The summed E-state index contributed by atoms with van der Waals surface area (Å²) in [7, 11) is 0. The number of carbonyl (C=O) groups excluding carboxylic acids is 1. The van der Waals surface area contributed by atoms with Crippen LogP contribution in [-0.2, 0) is 4.79 Å². The molecule has 0 amide bonds. The maximum atomic E-state index is 11.1. The predicted molar refractivity (Wildman–Crippen MR) is 45.3 cm³/mol. The SMILES string of the molecule is CCC(=O)[C@H](C)[C@H](O)C(C)C. The molecule has 0 spiro atoms. The standard InChI is InChI=1S/C9H18O2/c1-5-8(10)7(4)9(11)6(2)3/h6-7,9,11H,5H2,1-4H3/t7-,9+/m0/s1. The van der Waals surface area contributed by atoms with Crippen LogP contribution in [0.2, 0.25) is 0 Å². The lowest BCUT2D eigenvalue weighted by atomic mass is 9.90. The van der Waals surface area contributed by atoms with E-state index in [0.29, 0.717) is 6.42 Å². The zero-order chi connectivity index (χ0) is 9.02. The largest absolute Gasteiger partial charge is 0.392 e. The van der Waals surface area contributed by atoms with E-state index >= 15 is 0 Å². The van der Waals surface area contributed by atoms with E-state index in [9.17, 15) is 9.90 Å². The fourth-order valence-corrected chi connectivity index (χ4v) is 1.09. The van der Waals surface area contributed by atoms with Crippen LogP contribution in [0.15, 0.2) is 0 Å². The van der Waals surface area contributed by atoms with Gasteiger partial charge in [0.15, 0.2) is 0 Å². The molecule has 2 nitrogen and oxygen atoms in total. The summed E-state index contributed by atoms with van der Waals surface area (Å²) in [6.07, 6.45) is 0.0350. The number of hydrogen-bond acceptors (Lipinski definition) is 2. The molecule has 0 fully saturated rings. The fraction of sp³-hybridized carbons (Fsp3) is 0.889. The average Bonchev–Trinajstić information content (AvgIpc) is 2.00. The lowest BCUT2D eigenvalue weighted by molar-refractivity contribution is -0.126. The molecule has 0 aliphatic heterocycles. The summed E-state index contributed by atoms with van der Waals surface area (Å²) in [4.78, 5) is 11.1. The lowest BCUT2D eigenvalue weighted by Crippen LogP contribution is -2.29. The van der Waals surface area contributed by atoms with Crippen LogP contribution in [-0.4, -0.2) is 17.0 Å². The Morgan fingerprint density at radius 1 is 1.36 bits per heavy atom. The van der Waals surface area contributed by atoms with Crippen LogP contribution in [0.1, 0.15) is 34.1 Å². The van der Waals surface area contributed by atoms with Gasteiger partial charge >= 0.3 is 0 Å². The monoisotopic (exact) mass is 158 g/mol. The minimum absolute atomic E-state index is 0.145. The van der Waals surface area contributed by atoms with Crippen LogP contribution in [0.5, 0.6) is 0 Å². The van der Waals surface area contributed by atoms with E-state index in [0.717, 1.165) is 0 Å². The number of rotatable bonds is 4. The average molecular weight is 158 g/mol. The van der Waals surface area contributed by atoms with Gasteiger partial charge in [-0.1, -0.05) is 27.7 Å². The van der Waals surface area contributed by atoms with Gasteiger partial charge in [-0.15, -0.1) is 0 Å². The normalized spacial score (nSPS) is 16.5. The minimum Gasteiger partial charge on any atom is -0.392 e. The molecule has 0 heterocycles. The summed E-state index contributed by atoms with van der Waals surface area (Å²) in [6, 6.07) is 0. The summed E-state index contributed by atoms with van der Waals surface area (Å²) in [5, 5.41) is 9.48. The molecule has 0 aliphatic carbocycles. The first kappa shape index (κ1) is 10.6. The molecule has 0 saturated carbocycles. The molecule has 1 N–H and O–H groups in total. The molecule has 2 atom stereocenters. The Morgan fingerprint density at radius 2 is 1.82 bits per heavy atom. The Bertz CT molecular complexity index is 130. The van der Waals surface area contributed by atoms with Gasteiger partial charge in [0, 0.05) is 12.3 Å². The number of aliphatic hydroxyl groups is 1. The van der Waals surface area contributed by atoms with Crippen molar-refractivity contribution in [1.82, 2.24) is 0 Å². The summed E-state index contributed by atoms with van der Waals surface area (Å²) in [6.45, 7) is 7.45. The van der Waals surface area contributed by atoms with Crippen molar-refractivity contribution in [3.63, 3.8) is 0 Å². The highest BCUT2D eigenvalue weighted by molar-refractivity contribution is 5.80. The van der Waals surface area contributed by atoms with Gasteiger partial charge in [-0.2, -0.15) is 0 Å². The van der Waals surface area contributed by atoms with Gasteiger partial charge in [0.25, 0.3) is 0 Å². The van der Waals surface area contributed by atoms with Crippen molar-refractivity contribution < 1.29 is 9.90 Å². The molecule has 0 rings (SSSR count). The molecule has 0 unspecified atom stereocenters. The van der Waals surface area contributed by atoms with Crippen LogP contribution in [0.4, 0.5) is 0 Å². The number of aliphatic hydroxyl groups excluding tert-OH is 1. The molecular weight excluding hydrogens is 140 g/mol. The molecule has 0 aromatic heterocycles. The molecule has 2 heteroatoms. The number of hydrogen-bond donors (Lipinski definition) is 1. The Morgan fingerprint density at radius 3 is 2.09 bits per heavy atom. The van der Waals surface area contributed by atoms with Crippen molar-refractivity contribution in [1.29, 1.82) is 0 Å². The summed E-state index contributed by atoms with van der Waals surface area (Å²) in [5.41, 5.74) is 0. The number of carbonyl (C=O) groups is 1. The molecule has 0 aromatic rings. The molecule has 11 heavy (non-hydrogen) atoms. The summed E-state index contributed by atoms with van der Waals surface area (Å²) < 4.78 is 0. The van der Waals surface area contributed by atoms with Crippen LogP contribution < -0.4 is 0 Å². The van der Waals surface area contributed by atoms with Crippen molar-refractivity contribution in [2.75, 3.05) is 0 Å². The van der Waals surface area contributed by atoms with Crippen molar-refractivity contribution in [3.05, 3.63) is 0 Å². The zero-order valence-electron chi connectivity index (χ0n) is 7.79. The first-order valence-electron chi connectivity index (χ1n) is 4.21. The van der Waals surface area contributed by atoms with Gasteiger partial charge in [-0.3, -0.25) is 4.79 Å². The highest BCUT2D eigenvalue weighted by Crippen LogP contribution is 2.14. The molecular formula is C9H18O2. The smallest absolute Gasteiger partial charge is 0.138 e. The third-order valence-corrected chi connectivity index (χ3v) is 2.05. The second-order valence-corrected chi connectivity index (χ2v) is 3.34. The van der Waals surface area contributed by atoms with Gasteiger partial charge in [0.05, 0.1) is 6.10 Å². The Hall–Kier alpha value is -0.370. The van der Waals surface area contributed by atoms with E-state index in [1.165, 1.54) is 0 Å². The number of Topliss-reactive ketones (excluding diaryl/α,β-unsaturated/α-hetero) is 1. The van der Waals surface area contributed by atoms with Gasteiger partial charge < -0.3 is 5.11 Å². The zero-order valence-corrected chi connectivity index (χ0v) is 7.79. The van der Waals surface area contributed by atoms with E-state index in [2.05, 4.69) is 0 Å². The molecule has 0 aromatic carbocycles. The first-order chi connectivity index (χ1) is 5.00. The van der Waals surface area contributed by atoms with Gasteiger partial charge in [-0.25, -0.2) is 0 Å². The number of ketones is 1. The van der Waals surface area contributed by atoms with Gasteiger partial charge in [0.1, 0.15) is 5.78 Å². The third-order valence-electron chi connectivity index (χ3n) is 2.05. The van der Waals surface area contributed by atoms with E-state index in [4.69, 9.17) is 0 Å². The van der Waals surface area contributed by atoms with Crippen LogP contribution in [0.3, 0.4) is 0 Å². The molecule has 0 radical (unpaired) electrons. The van der Waals surface area contributed by atoms with E-state index in [1.807, 2.05) is 20.8 Å². The second kappa shape index (κ2) is 4.50. The first-order valence-corrected chi connectivity index (χ1v) is 4.21. The van der Waals surface area contributed by atoms with Crippen LogP contribution in [0, 0.1) is 11.8 Å². The minimum atomic E-state index is -0.484. The van der Waals surface area contributed by atoms with E-state index in [-0.39, 0.29) is 17.6 Å². The van der Waals surface area contributed by atoms with Crippen molar-refractivity contribution in [2.24, 2.45) is 11.8 Å². The van der Waals surface area contributed by atoms with Crippen molar-refractivity contribution >= 4 is 5.78 Å². The van der Waals surface area contributed by atoms with Crippen molar-refractivity contribution in [2.45, 2.75) is 40.2 Å². The summed E-state index contributed by atoms with van der Waals surface area (Å²) in [5.74, 6) is 0.103. The lowest BCUT2D eigenvalue weighted by Gasteiger charge is -2.20. The molecule has 0 bridgehead atoms. The third kappa shape index (κ3) is 3.02. The van der Waals surface area contributed by atoms with Gasteiger partial charge in [0.2, 0.25) is 0 Å². The summed E-state index contributed by atoms with van der Waals surface area (Å²) >= 11 is 0.